The Labute approximate surface area is 262 Å². The van der Waals surface area contributed by atoms with Gasteiger partial charge < -0.3 is 20.7 Å². The number of hydrogen-bond donors (Lipinski definition) is 2. The van der Waals surface area contributed by atoms with Crippen molar-refractivity contribution in [2.45, 2.75) is 36.9 Å². The Morgan fingerprint density at radius 3 is 2.67 bits per heavy atom. The van der Waals surface area contributed by atoms with E-state index in [1.54, 1.807) is 6.07 Å². The van der Waals surface area contributed by atoms with Crippen LogP contribution in [0.5, 0.6) is 6.01 Å². The minimum absolute atomic E-state index is 0.0170. The van der Waals surface area contributed by atoms with Crippen molar-refractivity contribution in [3.63, 3.8) is 0 Å². The normalized spacial score (nSPS) is 24.8. The van der Waals surface area contributed by atoms with Gasteiger partial charge in [-0.15, -0.1) is 6.42 Å². The number of piperazine rings is 1. The van der Waals surface area contributed by atoms with Crippen molar-refractivity contribution in [1.82, 2.24) is 20.2 Å². The number of nitrogens with one attached hydrogen (secondary N) is 1. The van der Waals surface area contributed by atoms with Crippen LogP contribution in [0.4, 0.5) is 29.1 Å². The molecule has 0 amide bonds. The first-order chi connectivity index (χ1) is 22.3. The summed E-state index contributed by atoms with van der Waals surface area (Å²) >= 11 is 0. The van der Waals surface area contributed by atoms with Crippen LogP contribution in [-0.2, 0) is 0 Å². The van der Waals surface area contributed by atoms with Crippen LogP contribution < -0.4 is 20.7 Å². The lowest BCUT2D eigenvalue weighted by molar-refractivity contribution is 0.108. The Kier molecular flexibility index (Phi) is 6.70. The molecule has 3 aromatic carbocycles. The zero-order chi connectivity index (χ0) is 31.7. The van der Waals surface area contributed by atoms with E-state index in [4.69, 9.17) is 21.9 Å². The molecule has 0 saturated carbocycles. The predicted molar refractivity (Wildman–Crippen MR) is 170 cm³/mol. The highest BCUT2D eigenvalue weighted by atomic mass is 19.1. The summed E-state index contributed by atoms with van der Waals surface area (Å²) in [4.78, 5) is 13.4. The first kappa shape index (κ1) is 28.8. The third-order valence-corrected chi connectivity index (χ3v) is 9.80. The molecular formula is C35H30F4N6O. The van der Waals surface area contributed by atoms with Crippen molar-refractivity contribution >= 4 is 33.2 Å². The lowest BCUT2D eigenvalue weighted by Gasteiger charge is -2.35. The first-order valence-corrected chi connectivity index (χ1v) is 15.3. The van der Waals surface area contributed by atoms with E-state index in [9.17, 15) is 8.78 Å². The van der Waals surface area contributed by atoms with E-state index in [1.165, 1.54) is 24.3 Å². The van der Waals surface area contributed by atoms with Crippen molar-refractivity contribution in [2.24, 2.45) is 0 Å². The summed E-state index contributed by atoms with van der Waals surface area (Å²) < 4.78 is 67.7. The van der Waals surface area contributed by atoms with Gasteiger partial charge in [0, 0.05) is 48.2 Å². The van der Waals surface area contributed by atoms with E-state index < -0.39 is 28.6 Å². The lowest BCUT2D eigenvalue weighted by atomic mass is 9.92. The monoisotopic (exact) mass is 626 g/mol. The third-order valence-electron chi connectivity index (χ3n) is 9.80. The van der Waals surface area contributed by atoms with Gasteiger partial charge in [-0.1, -0.05) is 24.1 Å². The summed E-state index contributed by atoms with van der Waals surface area (Å²) in [5.41, 5.74) is 5.99. The summed E-state index contributed by atoms with van der Waals surface area (Å²) in [6.45, 7) is 2.59. The van der Waals surface area contributed by atoms with Crippen LogP contribution in [0.3, 0.4) is 0 Å². The second-order valence-electron chi connectivity index (χ2n) is 12.7. The van der Waals surface area contributed by atoms with Crippen LogP contribution in [0, 0.1) is 29.8 Å². The maximum Gasteiger partial charge on any atom is 0.319 e. The Balaban J connectivity index is 1.30. The first-order valence-electron chi connectivity index (χ1n) is 15.3. The van der Waals surface area contributed by atoms with Gasteiger partial charge >= 0.3 is 6.01 Å². The van der Waals surface area contributed by atoms with E-state index in [2.05, 4.69) is 33.3 Å². The molecule has 8 rings (SSSR count). The van der Waals surface area contributed by atoms with Crippen LogP contribution in [0.2, 0.25) is 0 Å². The standard InChI is InChI=1S/C35H30F4N6O/c1-2-24-27(37)7-4-20-10-21(40)11-25(29(20)24)30-28(38)12-26-32(31(30)39)42-34(43-33(26)44-16-22-5-6-23(17-44)41-22)46-18-35-8-3-9-45(35)15-19(13-35)14-36/h1,4-7,10-12,14,22-23,41H,3,8-9,13,15-18,40H2/b19-14+/t22?,23?,35-/m1/s1. The van der Waals surface area contributed by atoms with E-state index in [0.717, 1.165) is 19.4 Å². The second kappa shape index (κ2) is 10.7. The van der Waals surface area contributed by atoms with E-state index in [1.807, 2.05) is 4.90 Å². The lowest BCUT2D eigenvalue weighted by Crippen LogP contribution is -2.52. The van der Waals surface area contributed by atoms with Gasteiger partial charge in [-0.25, -0.2) is 17.6 Å². The van der Waals surface area contributed by atoms with Crippen LogP contribution in [-0.4, -0.2) is 65.3 Å². The molecule has 0 aliphatic carbocycles. The number of nitrogen functional groups attached to an aromatic ring is 1. The SMILES string of the molecule is C#Cc1c(F)ccc2cc(N)cc(-c3c(F)cc4c(N5CC6C=CC(C5)N6)nc(OC[C@]56CCCN5C/C(=C/F)C6)nc4c3F)c12. The number of terminal acetylenes is 1. The van der Waals surface area contributed by atoms with Crippen molar-refractivity contribution in [1.29, 1.82) is 0 Å². The minimum Gasteiger partial charge on any atom is -0.461 e. The zero-order valence-corrected chi connectivity index (χ0v) is 24.8. The number of nitrogens with two attached hydrogens (primary N) is 1. The van der Waals surface area contributed by atoms with Crippen molar-refractivity contribution < 1.29 is 22.3 Å². The Morgan fingerprint density at radius 1 is 1.11 bits per heavy atom. The highest BCUT2D eigenvalue weighted by molar-refractivity contribution is 6.05. The van der Waals surface area contributed by atoms with Crippen molar-refractivity contribution in [3.8, 4) is 29.5 Å². The fourth-order valence-electron chi connectivity index (χ4n) is 7.77. The quantitative estimate of drug-likeness (QED) is 0.129. The van der Waals surface area contributed by atoms with Gasteiger partial charge in [0.15, 0.2) is 5.82 Å². The smallest absolute Gasteiger partial charge is 0.319 e. The summed E-state index contributed by atoms with van der Waals surface area (Å²) in [5, 5.41) is 4.25. The number of fused-ring (bicyclic) bond motifs is 5. The van der Waals surface area contributed by atoms with E-state index >= 15 is 8.78 Å². The highest BCUT2D eigenvalue weighted by Gasteiger charge is 2.47. The van der Waals surface area contributed by atoms with Gasteiger partial charge in [0.1, 0.15) is 29.6 Å². The number of aromatic nitrogens is 2. The molecule has 3 atom stereocenters. The molecular weight excluding hydrogens is 596 g/mol. The number of anilines is 2. The van der Waals surface area contributed by atoms with Crippen LogP contribution in [0.15, 0.2) is 54.4 Å². The number of hydrogen-bond acceptors (Lipinski definition) is 7. The molecule has 7 nitrogen and oxygen atoms in total. The topological polar surface area (TPSA) is 79.5 Å². The number of benzene rings is 3. The molecule has 0 radical (unpaired) electrons. The molecule has 1 aromatic heterocycles. The van der Waals surface area contributed by atoms with Gasteiger partial charge in [0.25, 0.3) is 0 Å². The zero-order valence-electron chi connectivity index (χ0n) is 24.8. The molecule has 4 aliphatic rings. The summed E-state index contributed by atoms with van der Waals surface area (Å²) in [7, 11) is 0. The molecule has 46 heavy (non-hydrogen) atoms. The number of halogens is 4. The summed E-state index contributed by atoms with van der Waals surface area (Å²) in [6.07, 6.45) is 12.8. The molecule has 11 heteroatoms. The fourth-order valence-corrected chi connectivity index (χ4v) is 7.77. The predicted octanol–water partition coefficient (Wildman–Crippen LogP) is 5.62. The van der Waals surface area contributed by atoms with E-state index in [-0.39, 0.29) is 57.8 Å². The van der Waals surface area contributed by atoms with Crippen LogP contribution in [0.25, 0.3) is 32.8 Å². The van der Waals surface area contributed by atoms with Crippen molar-refractivity contribution in [3.05, 3.63) is 77.4 Å². The Bertz CT molecular complexity index is 2030. The van der Waals surface area contributed by atoms with Crippen LogP contribution >= 0.6 is 0 Å². The molecule has 4 aromatic rings. The average Bonchev–Trinajstić information content (AvgIpc) is 3.71. The number of rotatable bonds is 5. The van der Waals surface area contributed by atoms with Gasteiger partial charge in [0.2, 0.25) is 0 Å². The summed E-state index contributed by atoms with van der Waals surface area (Å²) in [5.74, 6) is 0.119. The number of nitrogens with zero attached hydrogens (tertiary/aromatic N) is 4. The largest absolute Gasteiger partial charge is 0.461 e. The number of ether oxygens (including phenoxy) is 1. The highest BCUT2D eigenvalue weighted by Crippen LogP contribution is 2.43. The Hall–Kier alpha value is -4.66. The van der Waals surface area contributed by atoms with E-state index in [0.29, 0.717) is 49.2 Å². The van der Waals surface area contributed by atoms with Gasteiger partial charge in [-0.05, 0) is 66.6 Å². The maximum atomic E-state index is 16.9. The molecule has 2 bridgehead atoms. The molecule has 2 unspecified atom stereocenters. The fraction of sp³-hybridized carbons (Fsp3) is 0.314. The maximum absolute atomic E-state index is 16.9. The third kappa shape index (κ3) is 4.50. The molecule has 3 N–H and O–H groups in total. The molecule has 3 fully saturated rings. The molecule has 234 valence electrons. The molecule has 4 aliphatic heterocycles. The van der Waals surface area contributed by atoms with Crippen molar-refractivity contribution in [2.75, 3.05) is 43.4 Å². The molecule has 3 saturated heterocycles. The van der Waals surface area contributed by atoms with Crippen LogP contribution in [0.1, 0.15) is 24.8 Å². The second-order valence-corrected chi connectivity index (χ2v) is 12.7. The Morgan fingerprint density at radius 2 is 1.91 bits per heavy atom. The molecule has 0 spiro atoms. The van der Waals surface area contributed by atoms with Gasteiger partial charge in [0.05, 0.1) is 23.0 Å². The molecule has 5 heterocycles. The van der Waals surface area contributed by atoms with Gasteiger partial charge in [-0.2, -0.15) is 9.97 Å². The minimum atomic E-state index is -0.969. The summed E-state index contributed by atoms with van der Waals surface area (Å²) in [6, 6.07) is 6.88. The van der Waals surface area contributed by atoms with Gasteiger partial charge in [-0.3, -0.25) is 4.90 Å². The average molecular weight is 627 g/mol.